The first-order valence-corrected chi connectivity index (χ1v) is 6.17. The van der Waals surface area contributed by atoms with Gasteiger partial charge >= 0.3 is 0 Å². The molecule has 0 atom stereocenters. The molecule has 0 aliphatic carbocycles. The first kappa shape index (κ1) is 12.0. The first-order valence-electron chi connectivity index (χ1n) is 5.36. The Morgan fingerprint density at radius 3 is 2.35 bits per heavy atom. The van der Waals surface area contributed by atoms with Gasteiger partial charge < -0.3 is 5.32 Å². The molecule has 1 aromatic heterocycles. The lowest BCUT2D eigenvalue weighted by atomic mass is 10.1. The van der Waals surface area contributed by atoms with E-state index in [2.05, 4.69) is 15.5 Å². The minimum atomic E-state index is -0.125. The fraction of sp³-hybridized carbons (Fsp3) is 0.333. The molecule has 0 unspecified atom stereocenters. The Morgan fingerprint density at radius 2 is 1.82 bits per heavy atom. The number of hydrogen-bond donors (Lipinski definition) is 1. The molecule has 0 radical (unpaired) electrons. The van der Waals surface area contributed by atoms with Gasteiger partial charge in [0.25, 0.3) is 0 Å². The Hall–Kier alpha value is -1.49. The van der Waals surface area contributed by atoms with Crippen molar-refractivity contribution in [1.29, 1.82) is 0 Å². The summed E-state index contributed by atoms with van der Waals surface area (Å²) in [6.45, 7) is 6.10. The van der Waals surface area contributed by atoms with Gasteiger partial charge in [-0.2, -0.15) is 0 Å². The molecule has 1 aromatic carbocycles. The zero-order valence-corrected chi connectivity index (χ0v) is 10.9. The van der Waals surface area contributed by atoms with E-state index in [1.54, 1.807) is 13.8 Å². The summed E-state index contributed by atoms with van der Waals surface area (Å²) in [6.07, 6.45) is 0. The van der Waals surface area contributed by atoms with Crippen LogP contribution in [-0.2, 0) is 6.54 Å². The van der Waals surface area contributed by atoms with Crippen LogP contribution in [0.4, 0.5) is 9.52 Å². The maximum Gasteiger partial charge on any atom is 0.205 e. The topological polar surface area (TPSA) is 37.8 Å². The third-order valence-corrected chi connectivity index (χ3v) is 3.26. The number of aromatic nitrogens is 2. The third kappa shape index (κ3) is 2.79. The van der Waals surface area contributed by atoms with Crippen LogP contribution in [0.2, 0.25) is 0 Å². The zero-order valence-electron chi connectivity index (χ0n) is 10.0. The molecule has 1 N–H and O–H groups in total. The quantitative estimate of drug-likeness (QED) is 0.910. The SMILES string of the molecule is Cc1nnc(NCc2cc(C)c(F)c(C)c2)s1. The smallest absolute Gasteiger partial charge is 0.205 e. The maximum atomic E-state index is 13.4. The normalized spacial score (nSPS) is 10.6. The van der Waals surface area contributed by atoms with E-state index < -0.39 is 0 Å². The molecule has 0 aliphatic rings. The van der Waals surface area contributed by atoms with E-state index in [0.29, 0.717) is 17.7 Å². The van der Waals surface area contributed by atoms with Gasteiger partial charge in [0, 0.05) is 6.54 Å². The zero-order chi connectivity index (χ0) is 12.4. The summed E-state index contributed by atoms with van der Waals surface area (Å²) in [4.78, 5) is 0. The molecule has 5 heteroatoms. The Balaban J connectivity index is 2.09. The summed E-state index contributed by atoms with van der Waals surface area (Å²) in [5.41, 5.74) is 2.40. The van der Waals surface area contributed by atoms with E-state index in [1.165, 1.54) is 11.3 Å². The lowest BCUT2D eigenvalue weighted by molar-refractivity contribution is 0.608. The second-order valence-electron chi connectivity index (χ2n) is 4.02. The number of rotatable bonds is 3. The summed E-state index contributed by atoms with van der Waals surface area (Å²) in [5, 5.41) is 12.8. The summed E-state index contributed by atoms with van der Waals surface area (Å²) in [7, 11) is 0. The van der Waals surface area contributed by atoms with Gasteiger partial charge in [-0.05, 0) is 37.5 Å². The molecular weight excluding hydrogens is 237 g/mol. The lowest BCUT2D eigenvalue weighted by Gasteiger charge is -2.07. The Labute approximate surface area is 104 Å². The molecule has 0 spiro atoms. The molecular formula is C12H14FN3S. The van der Waals surface area contributed by atoms with E-state index in [4.69, 9.17) is 0 Å². The minimum absolute atomic E-state index is 0.125. The van der Waals surface area contributed by atoms with E-state index in [9.17, 15) is 4.39 Å². The molecule has 0 amide bonds. The van der Waals surface area contributed by atoms with Crippen LogP contribution in [0, 0.1) is 26.6 Å². The highest BCUT2D eigenvalue weighted by molar-refractivity contribution is 7.15. The molecule has 0 saturated heterocycles. The van der Waals surface area contributed by atoms with Crippen molar-refractivity contribution in [2.45, 2.75) is 27.3 Å². The van der Waals surface area contributed by atoms with E-state index in [-0.39, 0.29) is 5.82 Å². The number of halogens is 1. The molecule has 0 bridgehead atoms. The number of hydrogen-bond acceptors (Lipinski definition) is 4. The first-order chi connectivity index (χ1) is 8.06. The highest BCUT2D eigenvalue weighted by atomic mass is 32.1. The van der Waals surface area contributed by atoms with Crippen LogP contribution in [0.5, 0.6) is 0 Å². The van der Waals surface area contributed by atoms with Crippen molar-refractivity contribution >= 4 is 16.5 Å². The van der Waals surface area contributed by atoms with Crippen LogP contribution in [0.3, 0.4) is 0 Å². The highest BCUT2D eigenvalue weighted by Crippen LogP contribution is 2.18. The number of aryl methyl sites for hydroxylation is 3. The van der Waals surface area contributed by atoms with Gasteiger partial charge in [0.2, 0.25) is 5.13 Å². The van der Waals surface area contributed by atoms with Crippen molar-refractivity contribution in [2.75, 3.05) is 5.32 Å². The number of benzene rings is 1. The Kier molecular flexibility index (Phi) is 3.38. The van der Waals surface area contributed by atoms with Crippen molar-refractivity contribution in [3.63, 3.8) is 0 Å². The number of nitrogens with one attached hydrogen (secondary N) is 1. The van der Waals surface area contributed by atoms with E-state index >= 15 is 0 Å². The summed E-state index contributed by atoms with van der Waals surface area (Å²) in [5.74, 6) is -0.125. The molecule has 0 aliphatic heterocycles. The van der Waals surface area contributed by atoms with Gasteiger partial charge in [-0.15, -0.1) is 10.2 Å². The van der Waals surface area contributed by atoms with Crippen molar-refractivity contribution in [2.24, 2.45) is 0 Å². The fourth-order valence-corrected chi connectivity index (χ4v) is 2.27. The monoisotopic (exact) mass is 251 g/mol. The maximum absolute atomic E-state index is 13.4. The molecule has 0 saturated carbocycles. The second-order valence-corrected chi connectivity index (χ2v) is 5.21. The predicted octanol–water partition coefficient (Wildman–Crippen LogP) is 3.21. The van der Waals surface area contributed by atoms with Crippen LogP contribution in [0.1, 0.15) is 21.7 Å². The molecule has 2 rings (SSSR count). The van der Waals surface area contributed by atoms with Crippen molar-refractivity contribution in [3.8, 4) is 0 Å². The van der Waals surface area contributed by atoms with Crippen molar-refractivity contribution in [1.82, 2.24) is 10.2 Å². The average molecular weight is 251 g/mol. The van der Waals surface area contributed by atoms with Crippen LogP contribution in [0.25, 0.3) is 0 Å². The van der Waals surface area contributed by atoms with E-state index in [1.807, 2.05) is 19.1 Å². The molecule has 0 fully saturated rings. The summed E-state index contributed by atoms with van der Waals surface area (Å²) < 4.78 is 13.4. The van der Waals surface area contributed by atoms with Gasteiger partial charge in [0.05, 0.1) is 0 Å². The van der Waals surface area contributed by atoms with Crippen molar-refractivity contribution in [3.05, 3.63) is 39.6 Å². The molecule has 3 nitrogen and oxygen atoms in total. The summed E-state index contributed by atoms with van der Waals surface area (Å²) >= 11 is 1.51. The molecule has 2 aromatic rings. The highest BCUT2D eigenvalue weighted by Gasteiger charge is 2.05. The largest absolute Gasteiger partial charge is 0.356 e. The van der Waals surface area contributed by atoms with Crippen LogP contribution in [0.15, 0.2) is 12.1 Å². The van der Waals surface area contributed by atoms with E-state index in [0.717, 1.165) is 15.7 Å². The minimum Gasteiger partial charge on any atom is -0.356 e. The molecule has 17 heavy (non-hydrogen) atoms. The van der Waals surface area contributed by atoms with Gasteiger partial charge in [-0.3, -0.25) is 0 Å². The van der Waals surface area contributed by atoms with Crippen LogP contribution < -0.4 is 5.32 Å². The van der Waals surface area contributed by atoms with Crippen LogP contribution in [-0.4, -0.2) is 10.2 Å². The Bertz CT molecular complexity index is 513. The molecule has 1 heterocycles. The Morgan fingerprint density at radius 1 is 1.18 bits per heavy atom. The standard InChI is InChI=1S/C12H14FN3S/c1-7-4-10(5-8(2)11(7)13)6-14-12-16-15-9(3)17-12/h4-5H,6H2,1-3H3,(H,14,16). The van der Waals surface area contributed by atoms with Gasteiger partial charge in [0.15, 0.2) is 0 Å². The van der Waals surface area contributed by atoms with Gasteiger partial charge in [0.1, 0.15) is 10.8 Å². The number of nitrogens with zero attached hydrogens (tertiary/aromatic N) is 2. The second kappa shape index (κ2) is 4.79. The molecule has 90 valence electrons. The summed E-state index contributed by atoms with van der Waals surface area (Å²) in [6, 6.07) is 3.70. The predicted molar refractivity (Wildman–Crippen MR) is 67.8 cm³/mol. The van der Waals surface area contributed by atoms with Gasteiger partial charge in [-0.1, -0.05) is 23.5 Å². The fourth-order valence-electron chi connectivity index (χ4n) is 1.68. The lowest BCUT2D eigenvalue weighted by Crippen LogP contribution is -2.01. The van der Waals surface area contributed by atoms with Gasteiger partial charge in [-0.25, -0.2) is 4.39 Å². The average Bonchev–Trinajstić information content (AvgIpc) is 2.69. The third-order valence-electron chi connectivity index (χ3n) is 2.47. The van der Waals surface area contributed by atoms with Crippen molar-refractivity contribution < 1.29 is 4.39 Å². The van der Waals surface area contributed by atoms with Crippen LogP contribution >= 0.6 is 11.3 Å². The number of anilines is 1.